The van der Waals surface area contributed by atoms with Crippen LogP contribution in [-0.4, -0.2) is 22.0 Å². The molecule has 15 heavy (non-hydrogen) atoms. The minimum absolute atomic E-state index is 0.0211. The number of aldehydes is 1. The molecule has 0 radical (unpaired) electrons. The number of halogens is 3. The van der Waals surface area contributed by atoms with Crippen LogP contribution >= 0.6 is 0 Å². The summed E-state index contributed by atoms with van der Waals surface area (Å²) in [6.45, 7) is -0.503. The van der Waals surface area contributed by atoms with Gasteiger partial charge in [-0.2, -0.15) is 18.3 Å². The summed E-state index contributed by atoms with van der Waals surface area (Å²) in [4.78, 5) is 20.7. The van der Waals surface area contributed by atoms with E-state index in [0.717, 1.165) is 6.20 Å². The molecule has 1 aromatic rings. The third-order valence-electron chi connectivity index (χ3n) is 1.50. The molecule has 1 aromatic heterocycles. The van der Waals surface area contributed by atoms with Gasteiger partial charge in [-0.1, -0.05) is 0 Å². The van der Waals surface area contributed by atoms with E-state index >= 15 is 0 Å². The first-order valence-electron chi connectivity index (χ1n) is 3.72. The number of carbonyl (C=O) groups excluding carboxylic acids is 2. The number of rotatable bonds is 3. The maximum Gasteiger partial charge on any atom is 0.435 e. The lowest BCUT2D eigenvalue weighted by atomic mass is 10.3. The van der Waals surface area contributed by atoms with Crippen LogP contribution in [0, 0.1) is 0 Å². The summed E-state index contributed by atoms with van der Waals surface area (Å²) in [7, 11) is 0. The minimum Gasteiger partial charge on any atom is -0.368 e. The van der Waals surface area contributed by atoms with E-state index in [4.69, 9.17) is 5.73 Å². The molecular formula is C7H6F3N3O2. The highest BCUT2D eigenvalue weighted by Gasteiger charge is 2.37. The van der Waals surface area contributed by atoms with Gasteiger partial charge in [-0.25, -0.2) is 0 Å². The zero-order chi connectivity index (χ0) is 11.6. The topological polar surface area (TPSA) is 78.0 Å². The van der Waals surface area contributed by atoms with E-state index in [1.807, 2.05) is 0 Å². The number of alkyl halides is 3. The average molecular weight is 221 g/mol. The molecule has 0 bridgehead atoms. The molecule has 0 saturated heterocycles. The minimum atomic E-state index is -4.72. The zero-order valence-electron chi connectivity index (χ0n) is 7.28. The van der Waals surface area contributed by atoms with Gasteiger partial charge in [-0.15, -0.1) is 0 Å². The highest BCUT2D eigenvalue weighted by atomic mass is 19.4. The molecule has 0 atom stereocenters. The maximum absolute atomic E-state index is 12.2. The molecule has 1 amide bonds. The highest BCUT2D eigenvalue weighted by molar-refractivity contribution is 5.77. The molecule has 1 rings (SSSR count). The fraction of sp³-hybridized carbons (Fsp3) is 0.286. The van der Waals surface area contributed by atoms with Gasteiger partial charge in [0.15, 0.2) is 12.0 Å². The molecule has 5 nitrogen and oxygen atoms in total. The van der Waals surface area contributed by atoms with Crippen LogP contribution in [0.4, 0.5) is 13.2 Å². The Morgan fingerprint density at radius 1 is 1.60 bits per heavy atom. The monoisotopic (exact) mass is 221 g/mol. The molecule has 0 aromatic carbocycles. The van der Waals surface area contributed by atoms with Gasteiger partial charge >= 0.3 is 6.18 Å². The van der Waals surface area contributed by atoms with E-state index in [1.54, 1.807) is 0 Å². The van der Waals surface area contributed by atoms with E-state index in [1.165, 1.54) is 0 Å². The lowest BCUT2D eigenvalue weighted by molar-refractivity contribution is -0.142. The van der Waals surface area contributed by atoms with Gasteiger partial charge in [-0.05, 0) is 0 Å². The van der Waals surface area contributed by atoms with Crippen LogP contribution in [0.3, 0.4) is 0 Å². The lowest BCUT2D eigenvalue weighted by Crippen LogP contribution is -2.19. The SMILES string of the molecule is NC(=O)Cn1cc(C=O)c(C(F)(F)F)n1. The Bertz CT molecular complexity index is 397. The first-order chi connectivity index (χ1) is 6.84. The van der Waals surface area contributed by atoms with Crippen molar-refractivity contribution in [3.8, 4) is 0 Å². The number of amides is 1. The predicted molar refractivity (Wildman–Crippen MR) is 41.8 cm³/mol. The Kier molecular flexibility index (Phi) is 2.78. The van der Waals surface area contributed by atoms with Crippen LogP contribution < -0.4 is 5.73 Å². The molecule has 0 fully saturated rings. The molecule has 0 aliphatic rings. The number of hydrogen-bond acceptors (Lipinski definition) is 3. The standard InChI is InChI=1S/C7H6F3N3O2/c8-7(9,10)6-4(3-14)1-13(12-6)2-5(11)15/h1,3H,2H2,(H2,11,15). The summed E-state index contributed by atoms with van der Waals surface area (Å²) in [6, 6.07) is 0. The molecule has 0 aliphatic heterocycles. The van der Waals surface area contributed by atoms with Crippen molar-refractivity contribution in [2.45, 2.75) is 12.7 Å². The van der Waals surface area contributed by atoms with Gasteiger partial charge in [0.25, 0.3) is 0 Å². The molecule has 0 saturated carbocycles. The van der Waals surface area contributed by atoms with Crippen molar-refractivity contribution in [3.05, 3.63) is 17.5 Å². The van der Waals surface area contributed by atoms with E-state index in [9.17, 15) is 22.8 Å². The first-order valence-corrected chi connectivity index (χ1v) is 3.72. The fourth-order valence-corrected chi connectivity index (χ4v) is 0.984. The van der Waals surface area contributed by atoms with Crippen molar-refractivity contribution in [2.24, 2.45) is 5.73 Å². The summed E-state index contributed by atoms with van der Waals surface area (Å²) in [5.41, 5.74) is 2.82. The van der Waals surface area contributed by atoms with E-state index in [0.29, 0.717) is 4.68 Å². The van der Waals surface area contributed by atoms with Gasteiger partial charge in [0.2, 0.25) is 5.91 Å². The third kappa shape index (κ3) is 2.55. The fourth-order valence-electron chi connectivity index (χ4n) is 0.984. The maximum atomic E-state index is 12.2. The van der Waals surface area contributed by atoms with E-state index < -0.39 is 29.9 Å². The Morgan fingerprint density at radius 3 is 2.53 bits per heavy atom. The summed E-state index contributed by atoms with van der Waals surface area (Å²) in [6.07, 6.45) is -3.88. The van der Waals surface area contributed by atoms with E-state index in [2.05, 4.69) is 5.10 Å². The van der Waals surface area contributed by atoms with Gasteiger partial charge in [-0.3, -0.25) is 14.3 Å². The zero-order valence-corrected chi connectivity index (χ0v) is 7.28. The second kappa shape index (κ2) is 3.71. The summed E-state index contributed by atoms with van der Waals surface area (Å²) >= 11 is 0. The average Bonchev–Trinajstić information content (AvgIpc) is 2.45. The molecule has 8 heteroatoms. The van der Waals surface area contributed by atoms with Gasteiger partial charge in [0, 0.05) is 6.20 Å². The van der Waals surface area contributed by atoms with Crippen LogP contribution in [-0.2, 0) is 17.5 Å². The van der Waals surface area contributed by atoms with Crippen molar-refractivity contribution in [2.75, 3.05) is 0 Å². The molecule has 0 spiro atoms. The second-order valence-corrected chi connectivity index (χ2v) is 2.71. The number of carbonyl (C=O) groups is 2. The van der Waals surface area contributed by atoms with Crippen LogP contribution in [0.2, 0.25) is 0 Å². The molecule has 2 N–H and O–H groups in total. The van der Waals surface area contributed by atoms with Crippen LogP contribution in [0.15, 0.2) is 6.20 Å². The molecular weight excluding hydrogens is 215 g/mol. The summed E-state index contributed by atoms with van der Waals surface area (Å²) in [5.74, 6) is -0.844. The molecule has 0 aliphatic carbocycles. The van der Waals surface area contributed by atoms with Gasteiger partial charge < -0.3 is 5.73 Å². The van der Waals surface area contributed by atoms with Crippen molar-refractivity contribution in [1.82, 2.24) is 9.78 Å². The number of nitrogens with two attached hydrogens (primary N) is 1. The lowest BCUT2D eigenvalue weighted by Gasteiger charge is -2.01. The van der Waals surface area contributed by atoms with Crippen LogP contribution in [0.1, 0.15) is 16.1 Å². The highest BCUT2D eigenvalue weighted by Crippen LogP contribution is 2.29. The smallest absolute Gasteiger partial charge is 0.368 e. The van der Waals surface area contributed by atoms with Crippen molar-refractivity contribution in [1.29, 1.82) is 0 Å². The Morgan fingerprint density at radius 2 is 2.20 bits per heavy atom. The van der Waals surface area contributed by atoms with Crippen LogP contribution in [0.5, 0.6) is 0 Å². The summed E-state index contributed by atoms with van der Waals surface area (Å²) < 4.78 is 37.4. The number of nitrogens with zero attached hydrogens (tertiary/aromatic N) is 2. The third-order valence-corrected chi connectivity index (χ3v) is 1.50. The number of primary amides is 1. The van der Waals surface area contributed by atoms with Crippen LogP contribution in [0.25, 0.3) is 0 Å². The first kappa shape index (κ1) is 11.2. The Balaban J connectivity index is 3.11. The second-order valence-electron chi connectivity index (χ2n) is 2.71. The molecule has 0 unspecified atom stereocenters. The number of aromatic nitrogens is 2. The molecule has 82 valence electrons. The van der Waals surface area contributed by atoms with E-state index in [-0.39, 0.29) is 6.29 Å². The quantitative estimate of drug-likeness (QED) is 0.740. The van der Waals surface area contributed by atoms with Crippen molar-refractivity contribution >= 4 is 12.2 Å². The molecule has 1 heterocycles. The summed E-state index contributed by atoms with van der Waals surface area (Å²) in [5, 5.41) is 3.05. The number of hydrogen-bond donors (Lipinski definition) is 1. The van der Waals surface area contributed by atoms with Gasteiger partial charge in [0.05, 0.1) is 5.56 Å². The Hall–Kier alpha value is -1.86. The normalized spacial score (nSPS) is 11.4. The van der Waals surface area contributed by atoms with Crippen molar-refractivity contribution in [3.63, 3.8) is 0 Å². The van der Waals surface area contributed by atoms with Crippen molar-refractivity contribution < 1.29 is 22.8 Å². The largest absolute Gasteiger partial charge is 0.435 e. The predicted octanol–water partition coefficient (Wildman–Crippen LogP) is 0.200. The van der Waals surface area contributed by atoms with Gasteiger partial charge in [0.1, 0.15) is 6.54 Å². The Labute approximate surface area is 81.7 Å².